The standard InChI is InChI=1S/C25H19N5O4S/c26-14-25(9-10-25)16-4-1-3-15(11-16)22(33)27-17-5-2-6-18(12-17)34-21-8-7-19-23(30-21)35-24(28-19)29-20(32)13-31/h1-8,11-12,31H,9-10,13H2,(H,27,33)(H,28,29,32). The van der Waals surface area contributed by atoms with E-state index in [1.165, 1.54) is 0 Å². The summed E-state index contributed by atoms with van der Waals surface area (Å²) in [5.74, 6) is -0.0330. The van der Waals surface area contributed by atoms with E-state index in [9.17, 15) is 14.9 Å². The fraction of sp³-hybridized carbons (Fsp3) is 0.160. The van der Waals surface area contributed by atoms with Crippen LogP contribution in [-0.4, -0.2) is 33.5 Å². The zero-order chi connectivity index (χ0) is 24.4. The SMILES string of the molecule is N#CC1(c2cccc(C(=O)Nc3cccc(Oc4ccc5nc(NC(=O)CO)sc5n4)c3)c2)CC1. The number of nitrogens with one attached hydrogen (secondary N) is 2. The van der Waals surface area contributed by atoms with Gasteiger partial charge >= 0.3 is 0 Å². The number of ether oxygens (including phenoxy) is 1. The van der Waals surface area contributed by atoms with E-state index in [-0.39, 0.29) is 5.91 Å². The van der Waals surface area contributed by atoms with E-state index in [2.05, 4.69) is 26.7 Å². The van der Waals surface area contributed by atoms with Gasteiger partial charge in [-0.2, -0.15) is 5.26 Å². The predicted octanol–water partition coefficient (Wildman–Crippen LogP) is 4.22. The molecule has 0 saturated heterocycles. The molecule has 174 valence electrons. The number of aliphatic hydroxyl groups is 1. The summed E-state index contributed by atoms with van der Waals surface area (Å²) >= 11 is 1.16. The molecule has 2 aromatic heterocycles. The van der Waals surface area contributed by atoms with Crippen molar-refractivity contribution in [3.63, 3.8) is 0 Å². The average molecular weight is 486 g/mol. The number of rotatable bonds is 7. The largest absolute Gasteiger partial charge is 0.439 e. The second-order valence-electron chi connectivity index (χ2n) is 8.06. The summed E-state index contributed by atoms with van der Waals surface area (Å²) in [6.45, 7) is -0.628. The van der Waals surface area contributed by atoms with Gasteiger partial charge in [-0.15, -0.1) is 0 Å². The van der Waals surface area contributed by atoms with E-state index in [1.807, 2.05) is 6.07 Å². The quantitative estimate of drug-likeness (QED) is 0.356. The lowest BCUT2D eigenvalue weighted by Gasteiger charge is -2.10. The minimum Gasteiger partial charge on any atom is -0.439 e. The molecule has 0 aliphatic heterocycles. The van der Waals surface area contributed by atoms with Crippen LogP contribution in [0.1, 0.15) is 28.8 Å². The number of carbonyl (C=O) groups excluding carboxylic acids is 2. The van der Waals surface area contributed by atoms with Crippen molar-refractivity contribution in [2.45, 2.75) is 18.3 Å². The van der Waals surface area contributed by atoms with Gasteiger partial charge in [-0.1, -0.05) is 29.5 Å². The third-order valence-electron chi connectivity index (χ3n) is 5.58. The highest BCUT2D eigenvalue weighted by Gasteiger charge is 2.45. The Morgan fingerprint density at radius 3 is 2.69 bits per heavy atom. The number of benzene rings is 2. The van der Waals surface area contributed by atoms with Crippen LogP contribution in [0, 0.1) is 11.3 Å². The lowest BCUT2D eigenvalue weighted by atomic mass is 9.96. The number of aliphatic hydroxyl groups excluding tert-OH is 1. The van der Waals surface area contributed by atoms with Crippen LogP contribution in [0.2, 0.25) is 0 Å². The number of nitriles is 1. The van der Waals surface area contributed by atoms with Gasteiger partial charge < -0.3 is 15.2 Å². The molecular formula is C25H19N5O4S. The van der Waals surface area contributed by atoms with E-state index in [4.69, 9.17) is 9.84 Å². The summed E-state index contributed by atoms with van der Waals surface area (Å²) in [4.78, 5) is 33.4. The number of pyridine rings is 1. The van der Waals surface area contributed by atoms with E-state index < -0.39 is 17.9 Å². The Hall–Kier alpha value is -4.33. The molecule has 3 N–H and O–H groups in total. The Balaban J connectivity index is 1.29. The Morgan fingerprint density at radius 2 is 1.91 bits per heavy atom. The molecule has 0 bridgehead atoms. The van der Waals surface area contributed by atoms with Crippen LogP contribution < -0.4 is 15.4 Å². The zero-order valence-electron chi connectivity index (χ0n) is 18.3. The minimum atomic E-state index is -0.628. The molecule has 2 heterocycles. The molecule has 1 aliphatic rings. The Kier molecular flexibility index (Phi) is 5.86. The maximum absolute atomic E-state index is 12.8. The molecule has 35 heavy (non-hydrogen) atoms. The van der Waals surface area contributed by atoms with Crippen molar-refractivity contribution >= 4 is 44.3 Å². The number of carbonyl (C=O) groups is 2. The fourth-order valence-corrected chi connectivity index (χ4v) is 4.42. The van der Waals surface area contributed by atoms with Gasteiger partial charge in [-0.25, -0.2) is 9.97 Å². The van der Waals surface area contributed by atoms with Gasteiger partial charge in [0, 0.05) is 23.4 Å². The van der Waals surface area contributed by atoms with Gasteiger partial charge in [-0.05, 0) is 48.7 Å². The number of hydrogen-bond acceptors (Lipinski definition) is 8. The van der Waals surface area contributed by atoms with Gasteiger partial charge in [0.15, 0.2) is 5.13 Å². The highest BCUT2D eigenvalue weighted by Crippen LogP contribution is 2.47. The minimum absolute atomic E-state index is 0.278. The third-order valence-corrected chi connectivity index (χ3v) is 6.46. The zero-order valence-corrected chi connectivity index (χ0v) is 19.1. The first-order valence-corrected chi connectivity index (χ1v) is 11.6. The summed E-state index contributed by atoms with van der Waals surface area (Å²) in [5, 5.41) is 24.0. The fourth-order valence-electron chi connectivity index (χ4n) is 3.58. The number of nitrogens with zero attached hydrogens (tertiary/aromatic N) is 3. The lowest BCUT2D eigenvalue weighted by molar-refractivity contribution is -0.118. The maximum atomic E-state index is 12.8. The second-order valence-corrected chi connectivity index (χ2v) is 9.04. The van der Waals surface area contributed by atoms with Crippen molar-refractivity contribution in [3.05, 3.63) is 71.8 Å². The lowest BCUT2D eigenvalue weighted by Crippen LogP contribution is -2.14. The number of thiazole rings is 1. The first-order valence-electron chi connectivity index (χ1n) is 10.8. The number of aromatic nitrogens is 2. The predicted molar refractivity (Wildman–Crippen MR) is 131 cm³/mol. The molecule has 10 heteroatoms. The Morgan fingerprint density at radius 1 is 1.09 bits per heavy atom. The summed E-state index contributed by atoms with van der Waals surface area (Å²) in [6.07, 6.45) is 1.63. The van der Waals surface area contributed by atoms with Gasteiger partial charge in [0.2, 0.25) is 5.88 Å². The normalized spacial score (nSPS) is 13.6. The number of anilines is 2. The molecule has 1 aliphatic carbocycles. The molecule has 5 rings (SSSR count). The smallest absolute Gasteiger partial charge is 0.255 e. The number of hydrogen-bond donors (Lipinski definition) is 3. The Bertz CT molecular complexity index is 1490. The van der Waals surface area contributed by atoms with Crippen molar-refractivity contribution < 1.29 is 19.4 Å². The molecule has 2 aromatic carbocycles. The molecule has 4 aromatic rings. The van der Waals surface area contributed by atoms with Crippen LogP contribution in [0.3, 0.4) is 0 Å². The first-order chi connectivity index (χ1) is 17.0. The third kappa shape index (κ3) is 4.82. The van der Waals surface area contributed by atoms with Gasteiger partial charge in [0.1, 0.15) is 22.7 Å². The first kappa shape index (κ1) is 22.5. The van der Waals surface area contributed by atoms with E-state index >= 15 is 0 Å². The van der Waals surface area contributed by atoms with Crippen molar-refractivity contribution in [2.75, 3.05) is 17.2 Å². The molecule has 0 radical (unpaired) electrons. The second kappa shape index (κ2) is 9.13. The molecule has 0 spiro atoms. The maximum Gasteiger partial charge on any atom is 0.255 e. The van der Waals surface area contributed by atoms with Crippen molar-refractivity contribution in [2.24, 2.45) is 0 Å². The highest BCUT2D eigenvalue weighted by atomic mass is 32.1. The molecule has 0 atom stereocenters. The van der Waals surface area contributed by atoms with Gasteiger partial charge in [0.25, 0.3) is 11.8 Å². The molecule has 1 saturated carbocycles. The van der Waals surface area contributed by atoms with Gasteiger partial charge in [-0.3, -0.25) is 14.9 Å². The van der Waals surface area contributed by atoms with Crippen LogP contribution in [-0.2, 0) is 10.2 Å². The molecular weight excluding hydrogens is 466 g/mol. The van der Waals surface area contributed by atoms with E-state index in [0.717, 1.165) is 29.7 Å². The monoisotopic (exact) mass is 485 g/mol. The molecule has 9 nitrogen and oxygen atoms in total. The molecule has 0 unspecified atom stereocenters. The summed E-state index contributed by atoms with van der Waals surface area (Å²) in [7, 11) is 0. The summed E-state index contributed by atoms with van der Waals surface area (Å²) in [5.41, 5.74) is 2.03. The number of amides is 2. The van der Waals surface area contributed by atoms with Crippen LogP contribution >= 0.6 is 11.3 Å². The van der Waals surface area contributed by atoms with Crippen molar-refractivity contribution in [1.82, 2.24) is 9.97 Å². The average Bonchev–Trinajstić information content (AvgIpc) is 3.58. The molecule has 2 amide bonds. The van der Waals surface area contributed by atoms with Gasteiger partial charge in [0.05, 0.1) is 11.5 Å². The van der Waals surface area contributed by atoms with E-state index in [0.29, 0.717) is 38.4 Å². The topological polar surface area (TPSA) is 137 Å². The van der Waals surface area contributed by atoms with Crippen LogP contribution in [0.15, 0.2) is 60.7 Å². The summed E-state index contributed by atoms with van der Waals surface area (Å²) in [6, 6.07) is 19.8. The highest BCUT2D eigenvalue weighted by molar-refractivity contribution is 7.21. The van der Waals surface area contributed by atoms with Crippen LogP contribution in [0.25, 0.3) is 10.3 Å². The van der Waals surface area contributed by atoms with E-state index in [1.54, 1.807) is 54.6 Å². The number of fused-ring (bicyclic) bond motifs is 1. The Labute approximate surface area is 204 Å². The summed E-state index contributed by atoms with van der Waals surface area (Å²) < 4.78 is 5.87. The van der Waals surface area contributed by atoms with Crippen LogP contribution in [0.4, 0.5) is 10.8 Å². The van der Waals surface area contributed by atoms with Crippen LogP contribution in [0.5, 0.6) is 11.6 Å². The van der Waals surface area contributed by atoms with Crippen molar-refractivity contribution in [1.29, 1.82) is 5.26 Å². The molecule has 1 fully saturated rings. The van der Waals surface area contributed by atoms with Crippen molar-refractivity contribution in [3.8, 4) is 17.7 Å².